The fourth-order valence-corrected chi connectivity index (χ4v) is 4.86. The van der Waals surface area contributed by atoms with E-state index in [4.69, 9.17) is 23.7 Å². The van der Waals surface area contributed by atoms with Crippen molar-refractivity contribution in [2.75, 3.05) is 6.61 Å². The number of hydrogen-bond acceptors (Lipinski definition) is 7. The zero-order valence-corrected chi connectivity index (χ0v) is 22.3. The third-order valence-electron chi connectivity index (χ3n) is 6.79. The van der Waals surface area contributed by atoms with Crippen LogP contribution < -0.4 is 5.32 Å². The molecule has 0 bridgehead atoms. The summed E-state index contributed by atoms with van der Waals surface area (Å²) >= 11 is 0. The van der Waals surface area contributed by atoms with Gasteiger partial charge in [-0.15, -0.1) is 0 Å². The molecule has 0 radical (unpaired) electrons. The number of nitrogens with one attached hydrogen (secondary N) is 1. The molecule has 2 aliphatic heterocycles. The predicted octanol–water partition coefficient (Wildman–Crippen LogP) is 4.82. The Balaban J connectivity index is 1.52. The molecule has 2 aromatic carbocycles. The molecule has 38 heavy (non-hydrogen) atoms. The van der Waals surface area contributed by atoms with Crippen LogP contribution in [-0.2, 0) is 39.9 Å². The van der Waals surface area contributed by atoms with Crippen molar-refractivity contribution in [3.8, 4) is 0 Å². The zero-order valence-electron chi connectivity index (χ0n) is 22.3. The second kappa shape index (κ2) is 14.4. The first kappa shape index (κ1) is 28.2. The minimum atomic E-state index is -0.858. The lowest BCUT2D eigenvalue weighted by Crippen LogP contribution is -2.67. The van der Waals surface area contributed by atoms with Gasteiger partial charge in [-0.3, -0.25) is 9.59 Å². The van der Waals surface area contributed by atoms with Gasteiger partial charge in [0, 0.05) is 18.9 Å². The highest BCUT2D eigenvalue weighted by atomic mass is 16.8. The van der Waals surface area contributed by atoms with E-state index < -0.39 is 36.9 Å². The number of amides is 1. The minimum Gasteiger partial charge on any atom is -0.457 e. The normalized spacial score (nSPS) is 26.8. The highest BCUT2D eigenvalue weighted by molar-refractivity contribution is 5.73. The van der Waals surface area contributed by atoms with E-state index in [0.29, 0.717) is 6.42 Å². The van der Waals surface area contributed by atoms with Gasteiger partial charge >= 0.3 is 5.97 Å². The van der Waals surface area contributed by atoms with Crippen molar-refractivity contribution in [3.05, 3.63) is 71.8 Å². The lowest BCUT2D eigenvalue weighted by Gasteiger charge is -2.48. The largest absolute Gasteiger partial charge is 0.457 e. The van der Waals surface area contributed by atoms with Crippen LogP contribution >= 0.6 is 0 Å². The summed E-state index contributed by atoms with van der Waals surface area (Å²) in [6.07, 6.45) is 1.92. The monoisotopic (exact) mass is 525 g/mol. The van der Waals surface area contributed by atoms with Crippen LogP contribution in [-0.4, -0.2) is 49.1 Å². The van der Waals surface area contributed by atoms with E-state index in [9.17, 15) is 9.59 Å². The predicted molar refractivity (Wildman–Crippen MR) is 141 cm³/mol. The average Bonchev–Trinajstić information content (AvgIpc) is 2.93. The second-order valence-electron chi connectivity index (χ2n) is 9.86. The number of ether oxygens (including phenoxy) is 5. The summed E-state index contributed by atoms with van der Waals surface area (Å²) in [5.74, 6) is -0.603. The minimum absolute atomic E-state index is 0.229. The Morgan fingerprint density at radius 1 is 0.947 bits per heavy atom. The van der Waals surface area contributed by atoms with Crippen molar-refractivity contribution in [2.24, 2.45) is 0 Å². The SMILES string of the molecule is CCCCCCCC(=O)O[C@@H]1[C@H](NC(C)=O)[C@H](OCc2ccccc2)O[C@H]2CO[C@@H](c3ccccc3)O[C@@H]12. The number of carbonyl (C=O) groups is 2. The van der Waals surface area contributed by atoms with Crippen LogP contribution in [0.4, 0.5) is 0 Å². The van der Waals surface area contributed by atoms with Crippen LogP contribution in [0.2, 0.25) is 0 Å². The number of unbranched alkanes of at least 4 members (excludes halogenated alkanes) is 4. The van der Waals surface area contributed by atoms with Crippen molar-refractivity contribution in [1.82, 2.24) is 5.32 Å². The Morgan fingerprint density at radius 2 is 1.66 bits per heavy atom. The molecule has 0 saturated carbocycles. The van der Waals surface area contributed by atoms with Gasteiger partial charge in [0.1, 0.15) is 18.2 Å². The molecule has 0 spiro atoms. The Bertz CT molecular complexity index is 1000. The maximum atomic E-state index is 13.0. The topological polar surface area (TPSA) is 92.3 Å². The van der Waals surface area contributed by atoms with Gasteiger partial charge in [0.05, 0.1) is 13.2 Å². The fraction of sp³-hybridized carbons (Fsp3) is 0.533. The number of rotatable bonds is 12. The van der Waals surface area contributed by atoms with E-state index in [1.807, 2.05) is 60.7 Å². The summed E-state index contributed by atoms with van der Waals surface area (Å²) in [4.78, 5) is 25.2. The Morgan fingerprint density at radius 3 is 2.37 bits per heavy atom. The van der Waals surface area contributed by atoms with E-state index in [-0.39, 0.29) is 25.1 Å². The van der Waals surface area contributed by atoms with Crippen LogP contribution in [0.5, 0.6) is 0 Å². The van der Waals surface area contributed by atoms with Gasteiger partial charge < -0.3 is 29.0 Å². The Labute approximate surface area is 224 Å². The second-order valence-corrected chi connectivity index (χ2v) is 9.86. The number of fused-ring (bicyclic) bond motifs is 1. The molecule has 1 amide bonds. The van der Waals surface area contributed by atoms with Crippen molar-refractivity contribution in [3.63, 3.8) is 0 Å². The van der Waals surface area contributed by atoms with E-state index in [0.717, 1.165) is 43.2 Å². The first-order valence-electron chi connectivity index (χ1n) is 13.6. The first-order chi connectivity index (χ1) is 18.5. The number of esters is 1. The quantitative estimate of drug-likeness (QED) is 0.314. The van der Waals surface area contributed by atoms with Gasteiger partial charge in [0.15, 0.2) is 18.7 Å². The summed E-state index contributed by atoms with van der Waals surface area (Å²) in [5, 5.41) is 2.91. The van der Waals surface area contributed by atoms with Gasteiger partial charge in [0.2, 0.25) is 5.91 Å². The molecule has 8 heteroatoms. The molecule has 2 aliphatic rings. The maximum Gasteiger partial charge on any atom is 0.306 e. The number of benzene rings is 2. The Hall–Kier alpha value is -2.78. The molecule has 1 N–H and O–H groups in total. The summed E-state index contributed by atoms with van der Waals surface area (Å²) in [7, 11) is 0. The van der Waals surface area contributed by atoms with E-state index in [1.165, 1.54) is 6.92 Å². The van der Waals surface area contributed by atoms with E-state index >= 15 is 0 Å². The van der Waals surface area contributed by atoms with Crippen molar-refractivity contribution in [2.45, 2.75) is 95.9 Å². The van der Waals surface area contributed by atoms with Crippen LogP contribution in [0.25, 0.3) is 0 Å². The molecule has 0 aliphatic carbocycles. The zero-order chi connectivity index (χ0) is 26.7. The van der Waals surface area contributed by atoms with Gasteiger partial charge in [-0.1, -0.05) is 93.3 Å². The molecule has 2 aromatic rings. The fourth-order valence-electron chi connectivity index (χ4n) is 4.86. The number of carbonyl (C=O) groups excluding carboxylic acids is 2. The van der Waals surface area contributed by atoms with Gasteiger partial charge in [-0.25, -0.2) is 0 Å². The summed E-state index contributed by atoms with van der Waals surface area (Å²) in [5.41, 5.74) is 1.81. The third kappa shape index (κ3) is 7.86. The highest BCUT2D eigenvalue weighted by Gasteiger charge is 2.52. The van der Waals surface area contributed by atoms with Crippen LogP contribution in [0.3, 0.4) is 0 Å². The molecule has 2 saturated heterocycles. The van der Waals surface area contributed by atoms with Crippen LogP contribution in [0.15, 0.2) is 60.7 Å². The van der Waals surface area contributed by atoms with E-state index in [1.54, 1.807) is 0 Å². The first-order valence-corrected chi connectivity index (χ1v) is 13.6. The molecule has 206 valence electrons. The van der Waals surface area contributed by atoms with E-state index in [2.05, 4.69) is 12.2 Å². The third-order valence-corrected chi connectivity index (χ3v) is 6.79. The average molecular weight is 526 g/mol. The summed E-state index contributed by atoms with van der Waals surface area (Å²) < 4.78 is 30.8. The molecule has 2 heterocycles. The lowest BCUT2D eigenvalue weighted by atomic mass is 9.95. The molecule has 8 nitrogen and oxygen atoms in total. The summed E-state index contributed by atoms with van der Waals surface area (Å²) in [6.45, 7) is 4.08. The van der Waals surface area contributed by atoms with Gasteiger partial charge in [-0.05, 0) is 12.0 Å². The molecule has 0 aromatic heterocycles. The maximum absolute atomic E-state index is 13.0. The molecule has 0 unspecified atom stereocenters. The smallest absolute Gasteiger partial charge is 0.306 e. The van der Waals surface area contributed by atoms with Crippen molar-refractivity contribution in [1.29, 1.82) is 0 Å². The highest BCUT2D eigenvalue weighted by Crippen LogP contribution is 2.36. The molecule has 2 fully saturated rings. The molecule has 4 rings (SSSR count). The molecular formula is C30H39NO7. The lowest BCUT2D eigenvalue weighted by molar-refractivity contribution is -0.346. The van der Waals surface area contributed by atoms with Crippen molar-refractivity contribution >= 4 is 11.9 Å². The molecular weight excluding hydrogens is 486 g/mol. The van der Waals surface area contributed by atoms with Crippen LogP contribution in [0.1, 0.15) is 69.8 Å². The van der Waals surface area contributed by atoms with Gasteiger partial charge in [-0.2, -0.15) is 0 Å². The standard InChI is InChI=1S/C30H39NO7/c1-3-4-5-6-13-18-25(33)37-28-26(31-21(2)32)30(34-19-22-14-9-7-10-15-22)36-24-20-35-29(38-27(24)28)23-16-11-8-12-17-23/h7-12,14-17,24,26-30H,3-6,13,18-20H2,1-2H3,(H,31,32)/t24-,26-,27+,28+,29+,30+/m0/s1. The summed E-state index contributed by atoms with van der Waals surface area (Å²) in [6, 6.07) is 18.5. The number of hydrogen-bond donors (Lipinski definition) is 1. The molecule has 6 atom stereocenters. The van der Waals surface area contributed by atoms with Crippen molar-refractivity contribution < 1.29 is 33.3 Å². The Kier molecular flexibility index (Phi) is 10.7. The van der Waals surface area contributed by atoms with Crippen LogP contribution in [0, 0.1) is 0 Å². The van der Waals surface area contributed by atoms with Gasteiger partial charge in [0.25, 0.3) is 0 Å².